The third kappa shape index (κ3) is 2.02. The number of carbonyl (C=O) groups excluding carboxylic acids is 1. The third-order valence-corrected chi connectivity index (χ3v) is 1.46. The van der Waals surface area contributed by atoms with Crippen molar-refractivity contribution in [2.24, 2.45) is 4.99 Å². The van der Waals surface area contributed by atoms with Crippen LogP contribution >= 0.6 is 0 Å². The summed E-state index contributed by atoms with van der Waals surface area (Å²) in [5.41, 5.74) is 1.51. The van der Waals surface area contributed by atoms with Crippen molar-refractivity contribution in [3.05, 3.63) is 29.8 Å². The largest absolute Gasteiger partial charge is 0.380 e. The Morgan fingerprint density at radius 3 is 2.92 bits per heavy atom. The molecule has 0 unspecified atom stereocenters. The van der Waals surface area contributed by atoms with Gasteiger partial charge in [0.25, 0.3) is 0 Å². The van der Waals surface area contributed by atoms with E-state index in [9.17, 15) is 4.79 Å². The fourth-order valence-corrected chi connectivity index (χ4v) is 0.947. The van der Waals surface area contributed by atoms with Gasteiger partial charge in [0, 0.05) is 12.7 Å². The van der Waals surface area contributed by atoms with Crippen LogP contribution in [0, 0.1) is 0 Å². The molecule has 0 bridgehead atoms. The van der Waals surface area contributed by atoms with E-state index in [1.54, 1.807) is 13.2 Å². The molecule has 0 fully saturated rings. The van der Waals surface area contributed by atoms with Gasteiger partial charge in [0.1, 0.15) is 0 Å². The molecule has 0 saturated carbocycles. The number of hydrogen-bond acceptors (Lipinski definition) is 3. The number of ether oxygens (including phenoxy) is 1. The second kappa shape index (κ2) is 4.44. The second-order valence-corrected chi connectivity index (χ2v) is 2.26. The van der Waals surface area contributed by atoms with Crippen molar-refractivity contribution in [1.29, 1.82) is 0 Å². The van der Waals surface area contributed by atoms with E-state index in [1.807, 2.05) is 18.2 Å². The van der Waals surface area contributed by atoms with Gasteiger partial charge >= 0.3 is 0 Å². The third-order valence-electron chi connectivity index (χ3n) is 1.46. The zero-order chi connectivity index (χ0) is 8.81. The predicted octanol–water partition coefficient (Wildman–Crippen LogP) is 1.80. The molecule has 0 atom stereocenters. The summed E-state index contributed by atoms with van der Waals surface area (Å²) in [7, 11) is 1.60. The number of aliphatic imine (C=N–C) groups is 1. The van der Waals surface area contributed by atoms with Crippen molar-refractivity contribution in [2.75, 3.05) is 7.11 Å². The van der Waals surface area contributed by atoms with E-state index >= 15 is 0 Å². The summed E-state index contributed by atoms with van der Waals surface area (Å²) in [6, 6.07) is 7.30. The van der Waals surface area contributed by atoms with Gasteiger partial charge in [0.15, 0.2) is 0 Å². The molecule has 3 nitrogen and oxygen atoms in total. The van der Waals surface area contributed by atoms with Crippen LogP contribution in [0.3, 0.4) is 0 Å². The van der Waals surface area contributed by atoms with Crippen LogP contribution in [0.2, 0.25) is 0 Å². The van der Waals surface area contributed by atoms with E-state index in [0.717, 1.165) is 5.56 Å². The highest BCUT2D eigenvalue weighted by atomic mass is 16.5. The summed E-state index contributed by atoms with van der Waals surface area (Å²) in [5, 5.41) is 0. The van der Waals surface area contributed by atoms with Crippen LogP contribution < -0.4 is 0 Å². The molecule has 1 rings (SSSR count). The molecule has 1 aromatic carbocycles. The molecule has 0 radical (unpaired) electrons. The lowest BCUT2D eigenvalue weighted by molar-refractivity contribution is 0.185. The lowest BCUT2D eigenvalue weighted by Gasteiger charge is -2.00. The molecule has 0 aromatic heterocycles. The molecule has 62 valence electrons. The van der Waals surface area contributed by atoms with Crippen molar-refractivity contribution in [2.45, 2.75) is 6.61 Å². The van der Waals surface area contributed by atoms with Crippen molar-refractivity contribution in [3.8, 4) is 0 Å². The summed E-state index contributed by atoms with van der Waals surface area (Å²) in [6.45, 7) is 0.460. The normalized spacial score (nSPS) is 9.08. The van der Waals surface area contributed by atoms with E-state index in [4.69, 9.17) is 4.74 Å². The maximum absolute atomic E-state index is 10.00. The number of rotatable bonds is 3. The molecule has 0 N–H and O–H groups in total. The maximum Gasteiger partial charge on any atom is 0.240 e. The van der Waals surface area contributed by atoms with Crippen LogP contribution in [0.4, 0.5) is 5.69 Å². The maximum atomic E-state index is 10.00. The van der Waals surface area contributed by atoms with Gasteiger partial charge in [0.05, 0.1) is 12.3 Å². The predicted molar refractivity (Wildman–Crippen MR) is 44.9 cm³/mol. The smallest absolute Gasteiger partial charge is 0.240 e. The van der Waals surface area contributed by atoms with Gasteiger partial charge in [-0.2, -0.15) is 4.99 Å². The number of methoxy groups -OCH3 is 1. The fourth-order valence-electron chi connectivity index (χ4n) is 0.947. The van der Waals surface area contributed by atoms with E-state index in [2.05, 4.69) is 4.99 Å². The minimum absolute atomic E-state index is 0.460. The van der Waals surface area contributed by atoms with Gasteiger partial charge in [-0.15, -0.1) is 0 Å². The highest BCUT2D eigenvalue weighted by Crippen LogP contribution is 2.18. The molecule has 3 heteroatoms. The van der Waals surface area contributed by atoms with E-state index in [0.29, 0.717) is 12.3 Å². The number of para-hydroxylation sites is 1. The summed E-state index contributed by atoms with van der Waals surface area (Å²) in [6.07, 6.45) is 1.50. The highest BCUT2D eigenvalue weighted by molar-refractivity contribution is 5.53. The zero-order valence-corrected chi connectivity index (χ0v) is 6.78. The molecular formula is C9H9NO2. The Morgan fingerprint density at radius 1 is 1.50 bits per heavy atom. The Morgan fingerprint density at radius 2 is 2.25 bits per heavy atom. The van der Waals surface area contributed by atoms with E-state index in [1.165, 1.54) is 6.08 Å². The Labute approximate surface area is 70.7 Å². The molecule has 0 saturated heterocycles. The van der Waals surface area contributed by atoms with E-state index < -0.39 is 0 Å². The molecule has 1 aromatic rings. The van der Waals surface area contributed by atoms with Gasteiger partial charge in [-0.3, -0.25) is 0 Å². The molecular weight excluding hydrogens is 154 g/mol. The quantitative estimate of drug-likeness (QED) is 0.503. The SMILES string of the molecule is COCc1ccccc1N=C=O. The van der Waals surface area contributed by atoms with Crippen LogP contribution in [0.25, 0.3) is 0 Å². The van der Waals surface area contributed by atoms with Crippen molar-refractivity contribution < 1.29 is 9.53 Å². The average molecular weight is 163 g/mol. The zero-order valence-electron chi connectivity index (χ0n) is 6.78. The highest BCUT2D eigenvalue weighted by Gasteiger charge is 1.97. The first-order valence-electron chi connectivity index (χ1n) is 3.53. The molecule has 0 heterocycles. The van der Waals surface area contributed by atoms with Crippen molar-refractivity contribution in [1.82, 2.24) is 0 Å². The summed E-state index contributed by atoms with van der Waals surface area (Å²) >= 11 is 0. The van der Waals surface area contributed by atoms with Gasteiger partial charge in [-0.05, 0) is 6.07 Å². The topological polar surface area (TPSA) is 38.7 Å². The molecule has 0 aliphatic carbocycles. The number of nitrogens with zero attached hydrogens (tertiary/aromatic N) is 1. The van der Waals surface area contributed by atoms with Crippen LogP contribution in [0.5, 0.6) is 0 Å². The summed E-state index contributed by atoms with van der Waals surface area (Å²) in [4.78, 5) is 13.5. The Bertz CT molecular complexity index is 303. The minimum Gasteiger partial charge on any atom is -0.380 e. The molecule has 0 aliphatic heterocycles. The first-order chi connectivity index (χ1) is 5.88. The van der Waals surface area contributed by atoms with Gasteiger partial charge in [-0.25, -0.2) is 4.79 Å². The molecule has 0 amide bonds. The lowest BCUT2D eigenvalue weighted by Crippen LogP contribution is -1.86. The van der Waals surface area contributed by atoms with Crippen molar-refractivity contribution >= 4 is 11.8 Å². The standard InChI is InChI=1S/C9H9NO2/c1-12-6-8-4-2-3-5-9(8)10-7-11/h2-5H,6H2,1H3. The first kappa shape index (κ1) is 8.65. The second-order valence-electron chi connectivity index (χ2n) is 2.26. The number of isocyanates is 1. The van der Waals surface area contributed by atoms with Crippen molar-refractivity contribution in [3.63, 3.8) is 0 Å². The van der Waals surface area contributed by atoms with E-state index in [-0.39, 0.29) is 0 Å². The summed E-state index contributed by atoms with van der Waals surface area (Å²) in [5.74, 6) is 0. The monoisotopic (exact) mass is 163 g/mol. The van der Waals surface area contributed by atoms with Gasteiger partial charge in [0.2, 0.25) is 6.08 Å². The number of benzene rings is 1. The van der Waals surface area contributed by atoms with Gasteiger partial charge in [-0.1, -0.05) is 18.2 Å². The lowest BCUT2D eigenvalue weighted by atomic mass is 10.2. The Hall–Kier alpha value is -1.44. The molecule has 12 heavy (non-hydrogen) atoms. The van der Waals surface area contributed by atoms with Crippen LogP contribution in [0.1, 0.15) is 5.56 Å². The minimum atomic E-state index is 0.460. The molecule has 0 aliphatic rings. The van der Waals surface area contributed by atoms with Crippen LogP contribution in [-0.4, -0.2) is 13.2 Å². The average Bonchev–Trinajstić information content (AvgIpc) is 2.09. The van der Waals surface area contributed by atoms with Crippen LogP contribution in [-0.2, 0) is 16.1 Å². The van der Waals surface area contributed by atoms with Crippen LogP contribution in [0.15, 0.2) is 29.3 Å². The number of hydrogen-bond donors (Lipinski definition) is 0. The fraction of sp³-hybridized carbons (Fsp3) is 0.222. The first-order valence-corrected chi connectivity index (χ1v) is 3.53. The molecule has 0 spiro atoms. The Kier molecular flexibility index (Phi) is 3.20. The Balaban J connectivity index is 2.99. The van der Waals surface area contributed by atoms with Gasteiger partial charge < -0.3 is 4.74 Å². The summed E-state index contributed by atoms with van der Waals surface area (Å²) < 4.78 is 4.93.